The quantitative estimate of drug-likeness (QED) is 0.140. The van der Waals surface area contributed by atoms with E-state index >= 15 is 0 Å². The van der Waals surface area contributed by atoms with Gasteiger partial charge in [0, 0.05) is 32.3 Å². The fourth-order valence-electron chi connectivity index (χ4n) is 4.69. The van der Waals surface area contributed by atoms with Crippen LogP contribution in [0.3, 0.4) is 0 Å². The number of halogens is 4. The van der Waals surface area contributed by atoms with Crippen LogP contribution in [0.2, 0.25) is 0 Å². The summed E-state index contributed by atoms with van der Waals surface area (Å²) in [7, 11) is 6.71. The van der Waals surface area contributed by atoms with Crippen LogP contribution < -0.4 is 18.9 Å². The average molecular weight is 688 g/mol. The maximum atomic E-state index is 5.92. The van der Waals surface area contributed by atoms with Crippen LogP contribution in [-0.2, 0) is 0 Å². The predicted molar refractivity (Wildman–Crippen MR) is 145 cm³/mol. The van der Waals surface area contributed by atoms with Gasteiger partial charge in [-0.2, -0.15) is 0 Å². The number of ether oxygens (including phenoxy) is 4. The molecule has 0 heterocycles. The van der Waals surface area contributed by atoms with Gasteiger partial charge in [0.1, 0.15) is 23.0 Å². The van der Waals surface area contributed by atoms with Gasteiger partial charge < -0.3 is 18.9 Å². The molecule has 4 nitrogen and oxygen atoms in total. The highest BCUT2D eigenvalue weighted by Crippen LogP contribution is 2.56. The van der Waals surface area contributed by atoms with Crippen LogP contribution in [0.4, 0.5) is 0 Å². The van der Waals surface area contributed by atoms with Gasteiger partial charge in [0.2, 0.25) is 0 Å². The summed E-state index contributed by atoms with van der Waals surface area (Å²) in [5.74, 6) is 2.92. The van der Waals surface area contributed by atoms with E-state index in [0.29, 0.717) is 0 Å². The Morgan fingerprint density at radius 3 is 0.812 bits per heavy atom. The minimum Gasteiger partial charge on any atom is -0.495 e. The third kappa shape index (κ3) is 2.89. The lowest BCUT2D eigenvalue weighted by Gasteiger charge is -2.23. The minimum atomic E-state index is 0.730. The van der Waals surface area contributed by atoms with Crippen LogP contribution in [0.1, 0.15) is 0 Å². The van der Waals surface area contributed by atoms with Crippen LogP contribution in [0, 0.1) is 0 Å². The maximum absolute atomic E-state index is 5.92. The molecule has 0 atom stereocenters. The predicted octanol–water partition coefficient (Wildman–Crippen LogP) is 8.82. The molecule has 0 aliphatic rings. The normalized spacial score (nSPS) is 11.8. The summed E-state index contributed by atoms with van der Waals surface area (Å²) in [6.07, 6.45) is 0. The molecule has 0 saturated carbocycles. The second-order valence-corrected chi connectivity index (χ2v) is 10.7. The molecule has 8 heteroatoms. The van der Waals surface area contributed by atoms with E-state index in [0.717, 1.165) is 84.0 Å². The number of fused-ring (bicyclic) bond motifs is 2. The van der Waals surface area contributed by atoms with Gasteiger partial charge in [-0.05, 0) is 98.8 Å². The van der Waals surface area contributed by atoms with Crippen molar-refractivity contribution in [3.05, 3.63) is 42.2 Å². The maximum Gasteiger partial charge on any atom is 0.141 e. The molecule has 0 aromatic heterocycles. The average Bonchev–Trinajstić information content (AvgIpc) is 2.75. The first-order valence-electron chi connectivity index (χ1n) is 9.51. The summed E-state index contributed by atoms with van der Waals surface area (Å²) in [5.41, 5.74) is 0. The third-order valence-corrected chi connectivity index (χ3v) is 8.15. The SMILES string of the molecule is COc1c(Br)cc2cc(Br)c(OC)c3c4c(OC)c(Br)cc5cc(Br)c(OC)c(c1c23)c54. The second kappa shape index (κ2) is 8.08. The Kier molecular flexibility index (Phi) is 5.63. The van der Waals surface area contributed by atoms with Crippen molar-refractivity contribution < 1.29 is 18.9 Å². The molecule has 164 valence electrons. The Bertz CT molecular complexity index is 1340. The van der Waals surface area contributed by atoms with E-state index in [2.05, 4.69) is 88.0 Å². The molecule has 32 heavy (non-hydrogen) atoms. The first-order chi connectivity index (χ1) is 15.4. The number of hydrogen-bond donors (Lipinski definition) is 0. The molecule has 0 radical (unpaired) electrons. The van der Waals surface area contributed by atoms with Crippen molar-refractivity contribution in [2.75, 3.05) is 28.4 Å². The first-order valence-corrected chi connectivity index (χ1v) is 12.7. The van der Waals surface area contributed by atoms with E-state index in [4.69, 9.17) is 18.9 Å². The largest absolute Gasteiger partial charge is 0.495 e. The summed E-state index contributed by atoms with van der Waals surface area (Å²) in [4.78, 5) is 0. The van der Waals surface area contributed by atoms with Crippen molar-refractivity contribution in [2.24, 2.45) is 0 Å². The summed E-state index contributed by atoms with van der Waals surface area (Å²) >= 11 is 14.9. The van der Waals surface area contributed by atoms with Crippen molar-refractivity contribution in [1.82, 2.24) is 0 Å². The fourth-order valence-corrected chi connectivity index (χ4v) is 7.12. The number of methoxy groups -OCH3 is 4. The van der Waals surface area contributed by atoms with Gasteiger partial charge >= 0.3 is 0 Å². The lowest BCUT2D eigenvalue weighted by molar-refractivity contribution is 0.412. The zero-order chi connectivity index (χ0) is 22.9. The van der Waals surface area contributed by atoms with Crippen LogP contribution in [0.15, 0.2) is 42.2 Å². The summed E-state index contributed by atoms with van der Waals surface area (Å²) in [6.45, 7) is 0. The molecular formula is C24H16Br4O4. The van der Waals surface area contributed by atoms with E-state index in [-0.39, 0.29) is 0 Å². The Balaban J connectivity index is 2.35. The van der Waals surface area contributed by atoms with Gasteiger partial charge in [0.05, 0.1) is 46.3 Å². The topological polar surface area (TPSA) is 36.9 Å². The molecule has 5 rings (SSSR count). The van der Waals surface area contributed by atoms with Gasteiger partial charge in [-0.15, -0.1) is 0 Å². The Morgan fingerprint density at radius 2 is 0.625 bits per heavy atom. The van der Waals surface area contributed by atoms with Gasteiger partial charge in [0.25, 0.3) is 0 Å². The summed E-state index contributed by atoms with van der Waals surface area (Å²) in [5, 5.41) is 7.83. The van der Waals surface area contributed by atoms with Gasteiger partial charge in [-0.3, -0.25) is 0 Å². The van der Waals surface area contributed by atoms with E-state index in [1.54, 1.807) is 28.4 Å². The third-order valence-electron chi connectivity index (χ3n) is 5.80. The lowest BCUT2D eigenvalue weighted by Crippen LogP contribution is -1.99. The molecular weight excluding hydrogens is 672 g/mol. The highest BCUT2D eigenvalue weighted by molar-refractivity contribution is 9.11. The zero-order valence-electron chi connectivity index (χ0n) is 17.5. The molecule has 0 spiro atoms. The van der Waals surface area contributed by atoms with Gasteiger partial charge in [-0.25, -0.2) is 0 Å². The standard InChI is InChI=1S/C24H16Br4O4/c1-29-21-11(25)5-9-6-13(27)23(31-3)19-15(9)17(21)18-16-10(7-12(26)22(18)30-2)8-14(28)24(32-4)20(16)19/h5-8H,1-4H3. The highest BCUT2D eigenvalue weighted by atomic mass is 79.9. The Labute approximate surface area is 218 Å². The lowest BCUT2D eigenvalue weighted by atomic mass is 9.88. The smallest absolute Gasteiger partial charge is 0.141 e. The molecule has 5 aromatic rings. The molecule has 0 amide bonds. The van der Waals surface area contributed by atoms with Crippen molar-refractivity contribution in [3.8, 4) is 23.0 Å². The van der Waals surface area contributed by atoms with Gasteiger partial charge in [-0.1, -0.05) is 0 Å². The fraction of sp³-hybridized carbons (Fsp3) is 0.167. The molecule has 0 N–H and O–H groups in total. The van der Waals surface area contributed by atoms with Crippen molar-refractivity contribution in [2.45, 2.75) is 0 Å². The number of rotatable bonds is 4. The van der Waals surface area contributed by atoms with Crippen molar-refractivity contribution >= 4 is 107 Å². The van der Waals surface area contributed by atoms with Crippen LogP contribution in [-0.4, -0.2) is 28.4 Å². The minimum absolute atomic E-state index is 0.730. The van der Waals surface area contributed by atoms with Crippen LogP contribution >= 0.6 is 63.7 Å². The van der Waals surface area contributed by atoms with E-state index in [1.165, 1.54) is 0 Å². The molecule has 0 saturated heterocycles. The molecule has 0 fully saturated rings. The van der Waals surface area contributed by atoms with Crippen molar-refractivity contribution in [1.29, 1.82) is 0 Å². The molecule has 0 aliphatic carbocycles. The second-order valence-electron chi connectivity index (χ2n) is 7.26. The first kappa shape index (κ1) is 22.3. The van der Waals surface area contributed by atoms with E-state index in [1.807, 2.05) is 0 Å². The highest BCUT2D eigenvalue weighted by Gasteiger charge is 2.28. The number of hydrogen-bond acceptors (Lipinski definition) is 4. The van der Waals surface area contributed by atoms with Crippen LogP contribution in [0.25, 0.3) is 43.1 Å². The Hall–Kier alpha value is -1.48. The van der Waals surface area contributed by atoms with Gasteiger partial charge in [0.15, 0.2) is 0 Å². The molecule has 0 unspecified atom stereocenters. The number of benzene rings is 5. The summed E-state index contributed by atoms with van der Waals surface area (Å²) < 4.78 is 27.1. The summed E-state index contributed by atoms with van der Waals surface area (Å²) in [6, 6.07) is 8.23. The molecule has 5 aromatic carbocycles. The van der Waals surface area contributed by atoms with E-state index < -0.39 is 0 Å². The zero-order valence-corrected chi connectivity index (χ0v) is 23.8. The van der Waals surface area contributed by atoms with Crippen molar-refractivity contribution in [3.63, 3.8) is 0 Å². The monoisotopic (exact) mass is 684 g/mol. The molecule has 0 bridgehead atoms. The Morgan fingerprint density at radius 1 is 0.406 bits per heavy atom. The van der Waals surface area contributed by atoms with E-state index in [9.17, 15) is 0 Å². The molecule has 0 aliphatic heterocycles. The van der Waals surface area contributed by atoms with Crippen LogP contribution in [0.5, 0.6) is 23.0 Å².